The quantitative estimate of drug-likeness (QED) is 0.534. The third-order valence-electron chi connectivity index (χ3n) is 6.14. The number of carbonyl (C=O) groups is 4. The van der Waals surface area contributed by atoms with Crippen molar-refractivity contribution in [2.45, 2.75) is 77.6 Å². The predicted octanol–water partition coefficient (Wildman–Crippen LogP) is 3.30. The zero-order valence-corrected chi connectivity index (χ0v) is 19.7. The van der Waals surface area contributed by atoms with Crippen molar-refractivity contribution in [3.8, 4) is 0 Å². The predicted molar refractivity (Wildman–Crippen MR) is 121 cm³/mol. The van der Waals surface area contributed by atoms with E-state index in [0.717, 1.165) is 12.0 Å². The van der Waals surface area contributed by atoms with E-state index in [2.05, 4.69) is 5.32 Å². The van der Waals surface area contributed by atoms with Gasteiger partial charge in [-0.3, -0.25) is 19.2 Å². The van der Waals surface area contributed by atoms with Gasteiger partial charge < -0.3 is 15.5 Å². The lowest BCUT2D eigenvalue weighted by molar-refractivity contribution is -0.175. The highest BCUT2D eigenvalue weighted by Gasteiger charge is 2.42. The Hall–Kier alpha value is -2.91. The van der Waals surface area contributed by atoms with Gasteiger partial charge in [0, 0.05) is 25.1 Å². The largest absolute Gasteiger partial charge is 0.471 e. The molecule has 0 saturated carbocycles. The molecule has 0 unspecified atom stereocenters. The number of fused-ring (bicyclic) bond motifs is 1. The number of carbonyl (C=O) groups excluding carboxylic acids is 4. The molecule has 188 valence electrons. The second kappa shape index (κ2) is 12.0. The Morgan fingerprint density at radius 1 is 1.09 bits per heavy atom. The summed E-state index contributed by atoms with van der Waals surface area (Å²) < 4.78 is 38.5. The number of nitrogens with one attached hydrogen (secondary N) is 2. The van der Waals surface area contributed by atoms with Crippen LogP contribution in [0.5, 0.6) is 0 Å². The van der Waals surface area contributed by atoms with Gasteiger partial charge in [-0.05, 0) is 36.8 Å². The monoisotopic (exact) mass is 483 g/mol. The van der Waals surface area contributed by atoms with Crippen molar-refractivity contribution in [3.05, 3.63) is 29.8 Å². The molecule has 1 aromatic rings. The standard InChI is InChI=1S/C24H32F3N3O4/c1-4-15(3)20(29-23(34)24(25,26)27)21(32)28-18(13-12-17(31)5-2)22(33)30-14-8-10-16-9-6-7-11-19(16)30/h6-7,9,11,15,18,20H,4-5,8,10,12-14H2,1-3H3,(H,28,32)(H,29,34)/t15-,18+,20-/m0/s1. The fraction of sp³-hybridized carbons (Fsp3) is 0.583. The van der Waals surface area contributed by atoms with Gasteiger partial charge in [0.1, 0.15) is 17.9 Å². The number of para-hydroxylation sites is 1. The van der Waals surface area contributed by atoms with Crippen LogP contribution in [-0.2, 0) is 25.6 Å². The van der Waals surface area contributed by atoms with Crippen LogP contribution in [0.25, 0.3) is 0 Å². The molecule has 10 heteroatoms. The number of alkyl halides is 3. The summed E-state index contributed by atoms with van der Waals surface area (Å²) in [6, 6.07) is 4.77. The number of halogens is 3. The topological polar surface area (TPSA) is 95.6 Å². The molecule has 2 N–H and O–H groups in total. The number of rotatable bonds is 10. The fourth-order valence-corrected chi connectivity index (χ4v) is 3.88. The third kappa shape index (κ3) is 7.04. The third-order valence-corrected chi connectivity index (χ3v) is 6.14. The SMILES string of the molecule is CCC(=O)CC[C@@H](NC(=O)[C@@H](NC(=O)C(F)(F)F)[C@@H](C)CC)C(=O)N1CCCc2ccccc21. The Balaban J connectivity index is 2.28. The van der Waals surface area contributed by atoms with E-state index in [9.17, 15) is 32.3 Å². The zero-order chi connectivity index (χ0) is 25.5. The molecule has 0 bridgehead atoms. The number of amides is 3. The summed E-state index contributed by atoms with van der Waals surface area (Å²) in [5, 5.41) is 4.29. The van der Waals surface area contributed by atoms with Gasteiger partial charge in [-0.15, -0.1) is 0 Å². The van der Waals surface area contributed by atoms with Crippen LogP contribution in [0.1, 0.15) is 58.4 Å². The minimum absolute atomic E-state index is 0.0103. The van der Waals surface area contributed by atoms with Crippen LogP contribution in [0.4, 0.5) is 18.9 Å². The van der Waals surface area contributed by atoms with Gasteiger partial charge in [-0.2, -0.15) is 13.2 Å². The lowest BCUT2D eigenvalue weighted by Crippen LogP contribution is -2.58. The molecule has 1 aliphatic heterocycles. The highest BCUT2D eigenvalue weighted by atomic mass is 19.4. The summed E-state index contributed by atoms with van der Waals surface area (Å²) in [5.41, 5.74) is 1.69. The van der Waals surface area contributed by atoms with Crippen molar-refractivity contribution in [3.63, 3.8) is 0 Å². The first-order chi connectivity index (χ1) is 16.0. The lowest BCUT2D eigenvalue weighted by Gasteiger charge is -2.33. The van der Waals surface area contributed by atoms with E-state index in [1.165, 1.54) is 0 Å². The molecular formula is C24H32F3N3O4. The van der Waals surface area contributed by atoms with E-state index < -0.39 is 41.9 Å². The number of Topliss-reactive ketones (excluding diaryl/α,β-unsaturated/α-hetero) is 1. The van der Waals surface area contributed by atoms with Gasteiger partial charge in [-0.1, -0.05) is 45.4 Å². The smallest absolute Gasteiger partial charge is 0.342 e. The summed E-state index contributed by atoms with van der Waals surface area (Å²) >= 11 is 0. The van der Waals surface area contributed by atoms with Gasteiger partial charge in [0.15, 0.2) is 0 Å². The summed E-state index contributed by atoms with van der Waals surface area (Å²) in [4.78, 5) is 51.5. The number of aryl methyl sites for hydroxylation is 1. The normalized spacial score (nSPS) is 16.1. The van der Waals surface area contributed by atoms with Crippen molar-refractivity contribution in [1.29, 1.82) is 0 Å². The Labute approximate surface area is 197 Å². The second-order valence-corrected chi connectivity index (χ2v) is 8.55. The molecule has 3 atom stereocenters. The minimum Gasteiger partial charge on any atom is -0.342 e. The number of ketones is 1. The van der Waals surface area contributed by atoms with Crippen LogP contribution >= 0.6 is 0 Å². The van der Waals surface area contributed by atoms with Crippen molar-refractivity contribution in [2.24, 2.45) is 5.92 Å². The molecule has 0 fully saturated rings. The highest BCUT2D eigenvalue weighted by molar-refractivity contribution is 6.01. The fourth-order valence-electron chi connectivity index (χ4n) is 3.88. The van der Waals surface area contributed by atoms with Crippen molar-refractivity contribution in [2.75, 3.05) is 11.4 Å². The van der Waals surface area contributed by atoms with E-state index in [1.54, 1.807) is 43.1 Å². The molecule has 0 saturated heterocycles. The van der Waals surface area contributed by atoms with Gasteiger partial charge in [-0.25, -0.2) is 0 Å². The number of anilines is 1. The maximum absolute atomic E-state index is 13.5. The number of hydrogen-bond donors (Lipinski definition) is 2. The summed E-state index contributed by atoms with van der Waals surface area (Å²) in [5.74, 6) is -4.26. The molecule has 1 aromatic carbocycles. The molecule has 2 rings (SSSR count). The Morgan fingerprint density at radius 2 is 1.76 bits per heavy atom. The van der Waals surface area contributed by atoms with Gasteiger partial charge in [0.05, 0.1) is 0 Å². The summed E-state index contributed by atoms with van der Waals surface area (Å²) in [6.07, 6.45) is -3.01. The van der Waals surface area contributed by atoms with Crippen LogP contribution in [0, 0.1) is 5.92 Å². The average molecular weight is 484 g/mol. The van der Waals surface area contributed by atoms with Crippen LogP contribution in [0.3, 0.4) is 0 Å². The number of hydrogen-bond acceptors (Lipinski definition) is 4. The first kappa shape index (κ1) is 27.3. The maximum Gasteiger partial charge on any atom is 0.471 e. The van der Waals surface area contributed by atoms with E-state index in [1.807, 2.05) is 12.1 Å². The lowest BCUT2D eigenvalue weighted by atomic mass is 9.96. The molecule has 3 amide bonds. The Bertz CT molecular complexity index is 904. The molecule has 0 aliphatic carbocycles. The Kier molecular flexibility index (Phi) is 9.64. The zero-order valence-electron chi connectivity index (χ0n) is 19.7. The van der Waals surface area contributed by atoms with E-state index in [-0.39, 0.29) is 25.0 Å². The molecule has 1 heterocycles. The average Bonchev–Trinajstić information content (AvgIpc) is 2.82. The molecule has 0 aromatic heterocycles. The van der Waals surface area contributed by atoms with E-state index >= 15 is 0 Å². The molecule has 7 nitrogen and oxygen atoms in total. The van der Waals surface area contributed by atoms with Crippen LogP contribution in [-0.4, -0.2) is 48.3 Å². The maximum atomic E-state index is 13.5. The number of nitrogens with zero attached hydrogens (tertiary/aromatic N) is 1. The molecule has 0 spiro atoms. The van der Waals surface area contributed by atoms with Crippen molar-refractivity contribution in [1.82, 2.24) is 10.6 Å². The first-order valence-corrected chi connectivity index (χ1v) is 11.6. The highest BCUT2D eigenvalue weighted by Crippen LogP contribution is 2.28. The van der Waals surface area contributed by atoms with Crippen LogP contribution in [0.2, 0.25) is 0 Å². The van der Waals surface area contributed by atoms with Crippen molar-refractivity contribution < 1.29 is 32.3 Å². The van der Waals surface area contributed by atoms with Gasteiger partial charge in [0.2, 0.25) is 11.8 Å². The Morgan fingerprint density at radius 3 is 2.38 bits per heavy atom. The van der Waals surface area contributed by atoms with E-state index in [4.69, 9.17) is 0 Å². The number of benzene rings is 1. The molecule has 34 heavy (non-hydrogen) atoms. The van der Waals surface area contributed by atoms with Crippen LogP contribution in [0.15, 0.2) is 24.3 Å². The van der Waals surface area contributed by atoms with Gasteiger partial charge >= 0.3 is 12.1 Å². The molecule has 1 aliphatic rings. The first-order valence-electron chi connectivity index (χ1n) is 11.6. The minimum atomic E-state index is -5.15. The molecule has 0 radical (unpaired) electrons. The van der Waals surface area contributed by atoms with Gasteiger partial charge in [0.25, 0.3) is 0 Å². The second-order valence-electron chi connectivity index (χ2n) is 8.55. The molecular weight excluding hydrogens is 451 g/mol. The van der Waals surface area contributed by atoms with E-state index in [0.29, 0.717) is 25.1 Å². The van der Waals surface area contributed by atoms with Crippen LogP contribution < -0.4 is 15.5 Å². The summed E-state index contributed by atoms with van der Waals surface area (Å²) in [6.45, 7) is 5.32. The van der Waals surface area contributed by atoms with Crippen molar-refractivity contribution >= 4 is 29.2 Å². The summed E-state index contributed by atoms with van der Waals surface area (Å²) in [7, 11) is 0.